The van der Waals surface area contributed by atoms with E-state index < -0.39 is 6.04 Å². The van der Waals surface area contributed by atoms with Gasteiger partial charge in [0.2, 0.25) is 0 Å². The Morgan fingerprint density at radius 2 is 1.94 bits per heavy atom. The number of carbonyl (C=O) groups is 1. The predicted octanol–water partition coefficient (Wildman–Crippen LogP) is 3.27. The first-order chi connectivity index (χ1) is 15.1. The van der Waals surface area contributed by atoms with Crippen LogP contribution in [0.2, 0.25) is 0 Å². The molecule has 3 rings (SSSR count). The molecular formula is C23H29N3O5. The fourth-order valence-electron chi connectivity index (χ4n) is 3.70. The van der Waals surface area contributed by atoms with Gasteiger partial charge in [-0.1, -0.05) is 19.1 Å². The highest BCUT2D eigenvalue weighted by Gasteiger charge is 2.30. The second-order valence-corrected chi connectivity index (χ2v) is 7.18. The highest BCUT2D eigenvalue weighted by Crippen LogP contribution is 2.26. The summed E-state index contributed by atoms with van der Waals surface area (Å²) in [7, 11) is 3.22. The van der Waals surface area contributed by atoms with Crippen molar-refractivity contribution in [1.82, 2.24) is 14.5 Å². The summed E-state index contributed by atoms with van der Waals surface area (Å²) in [5, 5.41) is 0.542. The molecule has 8 nitrogen and oxygen atoms in total. The van der Waals surface area contributed by atoms with E-state index in [1.165, 1.54) is 6.26 Å². The summed E-state index contributed by atoms with van der Waals surface area (Å²) in [5.74, 6) is 0.552. The molecule has 0 aliphatic carbocycles. The van der Waals surface area contributed by atoms with Gasteiger partial charge in [-0.15, -0.1) is 0 Å². The molecule has 0 N–H and O–H groups in total. The quantitative estimate of drug-likeness (QED) is 0.437. The topological polar surface area (TPSA) is 86.8 Å². The van der Waals surface area contributed by atoms with Crippen molar-refractivity contribution in [1.29, 1.82) is 0 Å². The lowest BCUT2D eigenvalue weighted by molar-refractivity contribution is 0.0597. The van der Waals surface area contributed by atoms with Crippen molar-refractivity contribution in [2.75, 3.05) is 34.0 Å². The maximum absolute atomic E-state index is 13.3. The van der Waals surface area contributed by atoms with Crippen LogP contribution in [0.25, 0.3) is 10.9 Å². The highest BCUT2D eigenvalue weighted by molar-refractivity contribution is 5.91. The van der Waals surface area contributed by atoms with Crippen LogP contribution in [-0.2, 0) is 16.0 Å². The van der Waals surface area contributed by atoms with Gasteiger partial charge in [-0.2, -0.15) is 0 Å². The molecule has 2 aromatic heterocycles. The van der Waals surface area contributed by atoms with Gasteiger partial charge in [0.1, 0.15) is 5.82 Å². The van der Waals surface area contributed by atoms with E-state index in [9.17, 15) is 9.59 Å². The fraction of sp³-hybridized carbons (Fsp3) is 0.435. The van der Waals surface area contributed by atoms with Crippen LogP contribution in [0.3, 0.4) is 0 Å². The number of aromatic nitrogens is 2. The van der Waals surface area contributed by atoms with E-state index in [1.54, 1.807) is 41.9 Å². The van der Waals surface area contributed by atoms with Crippen LogP contribution in [0.5, 0.6) is 0 Å². The number of rotatable bonds is 11. The Balaban J connectivity index is 2.11. The summed E-state index contributed by atoms with van der Waals surface area (Å²) in [5.41, 5.74) is 0.468. The predicted molar refractivity (Wildman–Crippen MR) is 117 cm³/mol. The molecule has 0 saturated carbocycles. The molecule has 0 bridgehead atoms. The number of hydrogen-bond donors (Lipinski definition) is 0. The summed E-state index contributed by atoms with van der Waals surface area (Å²) in [6, 6.07) is 10.2. The Kier molecular flexibility index (Phi) is 7.97. The zero-order valence-corrected chi connectivity index (χ0v) is 18.2. The number of amides is 1. The van der Waals surface area contributed by atoms with Gasteiger partial charge in [0.25, 0.3) is 11.5 Å². The van der Waals surface area contributed by atoms with Crippen LogP contribution < -0.4 is 5.56 Å². The van der Waals surface area contributed by atoms with Gasteiger partial charge < -0.3 is 18.8 Å². The van der Waals surface area contributed by atoms with Crippen molar-refractivity contribution in [3.63, 3.8) is 0 Å². The lowest BCUT2D eigenvalue weighted by Gasteiger charge is -2.31. The molecule has 31 heavy (non-hydrogen) atoms. The van der Waals surface area contributed by atoms with E-state index in [0.29, 0.717) is 55.9 Å². The van der Waals surface area contributed by atoms with Gasteiger partial charge in [0.15, 0.2) is 5.76 Å². The van der Waals surface area contributed by atoms with Gasteiger partial charge in [-0.05, 0) is 37.1 Å². The monoisotopic (exact) mass is 427 g/mol. The van der Waals surface area contributed by atoms with Crippen LogP contribution >= 0.6 is 0 Å². The molecule has 0 saturated heterocycles. The molecule has 0 aliphatic heterocycles. The Labute approximate surface area is 181 Å². The largest absolute Gasteiger partial charge is 0.459 e. The Hall–Kier alpha value is -2.97. The minimum atomic E-state index is -0.413. The average Bonchev–Trinajstić information content (AvgIpc) is 3.33. The van der Waals surface area contributed by atoms with Crippen LogP contribution in [0.1, 0.15) is 42.2 Å². The van der Waals surface area contributed by atoms with Crippen molar-refractivity contribution in [3.05, 3.63) is 64.6 Å². The Morgan fingerprint density at radius 1 is 1.16 bits per heavy atom. The summed E-state index contributed by atoms with van der Waals surface area (Å²) >= 11 is 0. The molecule has 1 amide bonds. The standard InChI is InChI=1S/C23H29N3O5/c1-4-19(25(12-8-14-29-2)23(28)20-11-7-15-31-20)21-24-18-10-6-5-9-17(18)22(27)26(21)13-16-30-3/h5-7,9-11,15,19H,4,8,12-14,16H2,1-3H3. The summed E-state index contributed by atoms with van der Waals surface area (Å²) in [6.07, 6.45) is 2.71. The molecule has 166 valence electrons. The molecule has 0 fully saturated rings. The van der Waals surface area contributed by atoms with Gasteiger partial charge >= 0.3 is 0 Å². The van der Waals surface area contributed by atoms with Gasteiger partial charge in [0, 0.05) is 27.4 Å². The molecule has 1 aromatic carbocycles. The number of furan rings is 1. The van der Waals surface area contributed by atoms with Crippen LogP contribution in [-0.4, -0.2) is 54.3 Å². The fourth-order valence-corrected chi connectivity index (χ4v) is 3.70. The van der Waals surface area contributed by atoms with Crippen LogP contribution in [0.4, 0.5) is 0 Å². The second-order valence-electron chi connectivity index (χ2n) is 7.18. The zero-order valence-electron chi connectivity index (χ0n) is 18.2. The molecule has 0 radical (unpaired) electrons. The van der Waals surface area contributed by atoms with E-state index in [4.69, 9.17) is 18.9 Å². The van der Waals surface area contributed by atoms with Gasteiger partial charge in [0.05, 0.1) is 36.4 Å². The van der Waals surface area contributed by atoms with Crippen molar-refractivity contribution in [2.45, 2.75) is 32.4 Å². The molecule has 0 aliphatic rings. The normalized spacial score (nSPS) is 12.2. The maximum atomic E-state index is 13.3. The smallest absolute Gasteiger partial charge is 0.290 e. The Bertz CT molecular complexity index is 1050. The summed E-state index contributed by atoms with van der Waals surface area (Å²) in [6.45, 7) is 3.64. The maximum Gasteiger partial charge on any atom is 0.290 e. The van der Waals surface area contributed by atoms with E-state index in [1.807, 2.05) is 25.1 Å². The number of nitrogens with zero attached hydrogens (tertiary/aromatic N) is 3. The molecular weight excluding hydrogens is 398 g/mol. The van der Waals surface area contributed by atoms with Crippen LogP contribution in [0.15, 0.2) is 51.9 Å². The lowest BCUT2D eigenvalue weighted by Crippen LogP contribution is -2.40. The summed E-state index contributed by atoms with van der Waals surface area (Å²) < 4.78 is 17.4. The zero-order chi connectivity index (χ0) is 22.2. The van der Waals surface area contributed by atoms with Crippen molar-refractivity contribution in [2.24, 2.45) is 0 Å². The van der Waals surface area contributed by atoms with E-state index in [-0.39, 0.29) is 17.2 Å². The molecule has 2 heterocycles. The number of methoxy groups -OCH3 is 2. The second kappa shape index (κ2) is 10.9. The molecule has 1 atom stereocenters. The third-order valence-electron chi connectivity index (χ3n) is 5.21. The average molecular weight is 428 g/mol. The number of hydrogen-bond acceptors (Lipinski definition) is 6. The first kappa shape index (κ1) is 22.7. The highest BCUT2D eigenvalue weighted by atomic mass is 16.5. The first-order valence-electron chi connectivity index (χ1n) is 10.4. The SMILES string of the molecule is CCC(c1nc2ccccc2c(=O)n1CCOC)N(CCCOC)C(=O)c1ccco1. The number of ether oxygens (including phenoxy) is 2. The summed E-state index contributed by atoms with van der Waals surface area (Å²) in [4.78, 5) is 33.1. The minimum absolute atomic E-state index is 0.140. The molecule has 1 unspecified atom stereocenters. The van der Waals surface area contributed by atoms with Crippen molar-refractivity contribution in [3.8, 4) is 0 Å². The van der Waals surface area contributed by atoms with E-state index in [0.717, 1.165) is 0 Å². The Morgan fingerprint density at radius 3 is 2.61 bits per heavy atom. The number of benzene rings is 1. The lowest BCUT2D eigenvalue weighted by atomic mass is 10.1. The number of para-hydroxylation sites is 1. The number of carbonyl (C=O) groups excluding carboxylic acids is 1. The van der Waals surface area contributed by atoms with Crippen molar-refractivity contribution >= 4 is 16.8 Å². The van der Waals surface area contributed by atoms with Crippen LogP contribution in [0, 0.1) is 0 Å². The van der Waals surface area contributed by atoms with Gasteiger partial charge in [-0.3, -0.25) is 14.2 Å². The van der Waals surface area contributed by atoms with E-state index >= 15 is 0 Å². The first-order valence-corrected chi connectivity index (χ1v) is 10.4. The molecule has 8 heteroatoms. The number of fused-ring (bicyclic) bond motifs is 1. The molecule has 0 spiro atoms. The van der Waals surface area contributed by atoms with E-state index in [2.05, 4.69) is 0 Å². The van der Waals surface area contributed by atoms with Crippen molar-refractivity contribution < 1.29 is 18.7 Å². The third-order valence-corrected chi connectivity index (χ3v) is 5.21. The molecule has 3 aromatic rings. The minimum Gasteiger partial charge on any atom is -0.459 e. The van der Waals surface area contributed by atoms with Gasteiger partial charge in [-0.25, -0.2) is 4.98 Å². The third kappa shape index (κ3) is 5.03.